The van der Waals surface area contributed by atoms with Crippen molar-refractivity contribution in [2.24, 2.45) is 11.1 Å². The van der Waals surface area contributed by atoms with Crippen LogP contribution in [-0.4, -0.2) is 28.2 Å². The van der Waals surface area contributed by atoms with Crippen LogP contribution in [0.5, 0.6) is 0 Å². The van der Waals surface area contributed by atoms with Gasteiger partial charge in [-0.05, 0) is 47.4 Å². The molecule has 5 heteroatoms. The number of hydrogen-bond acceptors (Lipinski definition) is 5. The molecule has 158 valence electrons. The van der Waals surface area contributed by atoms with E-state index in [0.717, 1.165) is 49.4 Å². The number of rotatable bonds is 4. The summed E-state index contributed by atoms with van der Waals surface area (Å²) in [6.07, 6.45) is 8.82. The first-order valence-corrected chi connectivity index (χ1v) is 11.0. The summed E-state index contributed by atoms with van der Waals surface area (Å²) in [5, 5.41) is 9.95. The van der Waals surface area contributed by atoms with Gasteiger partial charge < -0.3 is 15.7 Å². The second kappa shape index (κ2) is 8.25. The van der Waals surface area contributed by atoms with E-state index in [1.807, 2.05) is 42.5 Å². The van der Waals surface area contributed by atoms with Crippen LogP contribution in [0.25, 0.3) is 12.2 Å². The monoisotopic (exact) mass is 412 g/mol. The van der Waals surface area contributed by atoms with Gasteiger partial charge in [0, 0.05) is 19.1 Å². The summed E-state index contributed by atoms with van der Waals surface area (Å²) in [7, 11) is 0. The Labute approximate surface area is 183 Å². The Morgan fingerprint density at radius 1 is 1.03 bits per heavy atom. The van der Waals surface area contributed by atoms with Crippen molar-refractivity contribution >= 4 is 18.0 Å². The highest BCUT2D eigenvalue weighted by Gasteiger charge is 2.46. The fourth-order valence-corrected chi connectivity index (χ4v) is 5.10. The summed E-state index contributed by atoms with van der Waals surface area (Å²) < 4.78 is 0. The molecule has 5 rings (SSSR count). The zero-order chi connectivity index (χ0) is 21.3. The summed E-state index contributed by atoms with van der Waals surface area (Å²) >= 11 is 0. The van der Waals surface area contributed by atoms with Crippen LogP contribution in [-0.2, 0) is 13.0 Å². The van der Waals surface area contributed by atoms with Gasteiger partial charge in [-0.2, -0.15) is 0 Å². The smallest absolute Gasteiger partial charge is 0.152 e. The Bertz CT molecular complexity index is 1090. The van der Waals surface area contributed by atoms with Gasteiger partial charge in [-0.1, -0.05) is 60.7 Å². The number of aliphatic hydroxyl groups is 1. The average molecular weight is 413 g/mol. The molecule has 0 bridgehead atoms. The first-order valence-electron chi connectivity index (χ1n) is 11.0. The number of anilines is 1. The lowest BCUT2D eigenvalue weighted by atomic mass is 9.73. The standard InChI is InChI=1S/C26H28N4O/c27-24-22-9-5-4-8-20(22)16-26(24)12-14-30(15-13-26)25-23(18-31)29-21(17-28-25)11-10-19-6-2-1-3-7-19/h1-11,17,24,31H,12-16,18,27H2/b11-10+/t24-/m1/s1. The van der Waals surface area contributed by atoms with Crippen LogP contribution in [0, 0.1) is 5.41 Å². The van der Waals surface area contributed by atoms with E-state index in [0.29, 0.717) is 5.69 Å². The van der Waals surface area contributed by atoms with Gasteiger partial charge in [-0.25, -0.2) is 9.97 Å². The number of piperidine rings is 1. The molecule has 2 aromatic carbocycles. The number of aliphatic hydroxyl groups excluding tert-OH is 1. The Morgan fingerprint density at radius 2 is 1.77 bits per heavy atom. The predicted molar refractivity (Wildman–Crippen MR) is 124 cm³/mol. The van der Waals surface area contributed by atoms with Gasteiger partial charge in [0.05, 0.1) is 18.5 Å². The van der Waals surface area contributed by atoms with Crippen molar-refractivity contribution in [2.45, 2.75) is 31.9 Å². The van der Waals surface area contributed by atoms with E-state index in [4.69, 9.17) is 5.73 Å². The SMILES string of the molecule is N[C@@H]1c2ccccc2CC12CCN(c1ncc(/C=C/c3ccccc3)nc1CO)CC2. The molecule has 3 aromatic rings. The van der Waals surface area contributed by atoms with Crippen molar-refractivity contribution in [2.75, 3.05) is 18.0 Å². The van der Waals surface area contributed by atoms with Crippen molar-refractivity contribution in [1.82, 2.24) is 9.97 Å². The van der Waals surface area contributed by atoms with Gasteiger partial charge in [0.1, 0.15) is 5.69 Å². The summed E-state index contributed by atoms with van der Waals surface area (Å²) in [5.41, 5.74) is 12.0. The number of nitrogens with zero attached hydrogens (tertiary/aromatic N) is 3. The third-order valence-corrected chi connectivity index (χ3v) is 6.89. The summed E-state index contributed by atoms with van der Waals surface area (Å²) in [4.78, 5) is 11.6. The largest absolute Gasteiger partial charge is 0.390 e. The second-order valence-electron chi connectivity index (χ2n) is 8.67. The molecule has 0 unspecified atom stereocenters. The van der Waals surface area contributed by atoms with Crippen molar-refractivity contribution < 1.29 is 5.11 Å². The van der Waals surface area contributed by atoms with Gasteiger partial charge >= 0.3 is 0 Å². The maximum Gasteiger partial charge on any atom is 0.152 e. The van der Waals surface area contributed by atoms with Crippen LogP contribution in [0.4, 0.5) is 5.82 Å². The second-order valence-corrected chi connectivity index (χ2v) is 8.67. The van der Waals surface area contributed by atoms with Crippen LogP contribution in [0.3, 0.4) is 0 Å². The summed E-state index contributed by atoms with van der Waals surface area (Å²) in [6.45, 7) is 1.63. The van der Waals surface area contributed by atoms with Gasteiger partial charge in [-0.3, -0.25) is 0 Å². The highest BCUT2D eigenvalue weighted by atomic mass is 16.3. The molecule has 3 N–H and O–H groups in total. The molecule has 0 amide bonds. The fraction of sp³-hybridized carbons (Fsp3) is 0.308. The molecule has 1 aromatic heterocycles. The van der Waals surface area contributed by atoms with Gasteiger partial charge in [0.15, 0.2) is 5.82 Å². The molecule has 1 aliphatic carbocycles. The third-order valence-electron chi connectivity index (χ3n) is 6.89. The molecule has 1 saturated heterocycles. The Balaban J connectivity index is 1.31. The Hall–Kier alpha value is -3.02. The third kappa shape index (κ3) is 3.75. The molecule has 5 nitrogen and oxygen atoms in total. The van der Waals surface area contributed by atoms with E-state index >= 15 is 0 Å². The van der Waals surface area contributed by atoms with Crippen LogP contribution >= 0.6 is 0 Å². The van der Waals surface area contributed by atoms with E-state index in [1.54, 1.807) is 6.20 Å². The molecular weight excluding hydrogens is 384 g/mol. The molecule has 2 heterocycles. The van der Waals surface area contributed by atoms with Crippen LogP contribution in [0.2, 0.25) is 0 Å². The molecule has 1 spiro atoms. The minimum Gasteiger partial charge on any atom is -0.390 e. The van der Waals surface area contributed by atoms with Gasteiger partial charge in [-0.15, -0.1) is 0 Å². The molecule has 31 heavy (non-hydrogen) atoms. The molecule has 1 aliphatic heterocycles. The normalized spacial score (nSPS) is 19.8. The van der Waals surface area contributed by atoms with Crippen molar-refractivity contribution in [3.05, 3.63) is 88.9 Å². The lowest BCUT2D eigenvalue weighted by molar-refractivity contribution is 0.186. The van der Waals surface area contributed by atoms with Crippen LogP contribution in [0.15, 0.2) is 60.8 Å². The lowest BCUT2D eigenvalue weighted by Crippen LogP contribution is -2.45. The Morgan fingerprint density at radius 3 is 2.52 bits per heavy atom. The Kier molecular flexibility index (Phi) is 5.30. The van der Waals surface area contributed by atoms with E-state index in [2.05, 4.69) is 39.1 Å². The van der Waals surface area contributed by atoms with E-state index < -0.39 is 0 Å². The minimum atomic E-state index is -0.123. The van der Waals surface area contributed by atoms with Gasteiger partial charge in [0.25, 0.3) is 0 Å². The molecule has 0 saturated carbocycles. The lowest BCUT2D eigenvalue weighted by Gasteiger charge is -2.42. The first kappa shape index (κ1) is 19.9. The molecule has 1 fully saturated rings. The highest BCUT2D eigenvalue weighted by Crippen LogP contribution is 2.50. The summed E-state index contributed by atoms with van der Waals surface area (Å²) in [5.74, 6) is 0.790. The topological polar surface area (TPSA) is 75.3 Å². The average Bonchev–Trinajstić information content (AvgIpc) is 3.10. The minimum absolute atomic E-state index is 0.0970. The van der Waals surface area contributed by atoms with E-state index in [-0.39, 0.29) is 18.1 Å². The predicted octanol–water partition coefficient (Wildman–Crippen LogP) is 3.98. The maximum absolute atomic E-state index is 9.95. The van der Waals surface area contributed by atoms with Gasteiger partial charge in [0.2, 0.25) is 0 Å². The summed E-state index contributed by atoms with van der Waals surface area (Å²) in [6, 6.07) is 18.8. The highest BCUT2D eigenvalue weighted by molar-refractivity contribution is 5.68. The van der Waals surface area contributed by atoms with Crippen LogP contribution in [0.1, 0.15) is 47.0 Å². The number of aromatic nitrogens is 2. The molecule has 2 aliphatic rings. The molecular formula is C26H28N4O. The van der Waals surface area contributed by atoms with Crippen LogP contribution < -0.4 is 10.6 Å². The molecule has 0 radical (unpaired) electrons. The number of benzene rings is 2. The fourth-order valence-electron chi connectivity index (χ4n) is 5.10. The first-order chi connectivity index (χ1) is 15.2. The van der Waals surface area contributed by atoms with Crippen molar-refractivity contribution in [3.8, 4) is 0 Å². The zero-order valence-corrected chi connectivity index (χ0v) is 17.6. The molecule has 1 atom stereocenters. The quantitative estimate of drug-likeness (QED) is 0.678. The number of fused-ring (bicyclic) bond motifs is 1. The number of nitrogens with two attached hydrogens (primary N) is 1. The van der Waals surface area contributed by atoms with E-state index in [9.17, 15) is 5.11 Å². The van der Waals surface area contributed by atoms with Crippen molar-refractivity contribution in [1.29, 1.82) is 0 Å². The zero-order valence-electron chi connectivity index (χ0n) is 17.6. The number of hydrogen-bond donors (Lipinski definition) is 2. The maximum atomic E-state index is 9.95. The van der Waals surface area contributed by atoms with Crippen molar-refractivity contribution in [3.63, 3.8) is 0 Å². The van der Waals surface area contributed by atoms with E-state index in [1.165, 1.54) is 11.1 Å².